The largest absolute Gasteiger partial charge is 0.360 e. The van der Waals surface area contributed by atoms with Crippen molar-refractivity contribution in [2.24, 2.45) is 11.3 Å². The molecule has 0 bridgehead atoms. The molecule has 2 heterocycles. The van der Waals surface area contributed by atoms with Crippen molar-refractivity contribution < 1.29 is 9.32 Å². The molecule has 6 heteroatoms. The Kier molecular flexibility index (Phi) is 4.78. The zero-order valence-corrected chi connectivity index (χ0v) is 15.5. The second kappa shape index (κ2) is 6.69. The lowest BCUT2D eigenvalue weighted by Crippen LogP contribution is -2.58. The van der Waals surface area contributed by atoms with E-state index in [2.05, 4.69) is 29.2 Å². The molecule has 1 amide bonds. The highest BCUT2D eigenvalue weighted by molar-refractivity contribution is 7.12. The molecule has 0 spiro atoms. The zero-order valence-electron chi connectivity index (χ0n) is 14.7. The van der Waals surface area contributed by atoms with Crippen LogP contribution in [0.4, 0.5) is 0 Å². The molecule has 0 aromatic carbocycles. The maximum Gasteiger partial charge on any atom is 0.261 e. The molecule has 0 aliphatic heterocycles. The van der Waals surface area contributed by atoms with Crippen molar-refractivity contribution in [3.8, 4) is 0 Å². The highest BCUT2D eigenvalue weighted by atomic mass is 32.1. The molecule has 3 rings (SSSR count). The molecule has 1 fully saturated rings. The van der Waals surface area contributed by atoms with E-state index in [0.717, 1.165) is 35.7 Å². The van der Waals surface area contributed by atoms with Crippen molar-refractivity contribution in [3.05, 3.63) is 39.9 Å². The predicted molar refractivity (Wildman–Crippen MR) is 95.1 cm³/mol. The Labute approximate surface area is 147 Å². The summed E-state index contributed by atoms with van der Waals surface area (Å²) in [6.07, 6.45) is 1.88. The summed E-state index contributed by atoms with van der Waals surface area (Å²) < 4.78 is 5.39. The molecule has 1 aliphatic carbocycles. The summed E-state index contributed by atoms with van der Waals surface area (Å²) in [5.41, 5.74) is 1.07. The number of nitrogens with zero attached hydrogens (tertiary/aromatic N) is 2. The lowest BCUT2D eigenvalue weighted by atomic mass is 9.57. The van der Waals surface area contributed by atoms with E-state index in [4.69, 9.17) is 4.52 Å². The van der Waals surface area contributed by atoms with Crippen molar-refractivity contribution in [1.82, 2.24) is 15.4 Å². The third kappa shape index (κ3) is 3.54. The van der Waals surface area contributed by atoms with E-state index in [1.165, 1.54) is 11.3 Å². The van der Waals surface area contributed by atoms with Gasteiger partial charge in [-0.15, -0.1) is 11.3 Å². The van der Waals surface area contributed by atoms with Gasteiger partial charge < -0.3 is 14.7 Å². The average molecular weight is 347 g/mol. The van der Waals surface area contributed by atoms with Gasteiger partial charge in [-0.2, -0.15) is 0 Å². The van der Waals surface area contributed by atoms with Gasteiger partial charge >= 0.3 is 0 Å². The highest BCUT2D eigenvalue weighted by Gasteiger charge is 2.48. The van der Waals surface area contributed by atoms with Crippen LogP contribution in [0.1, 0.15) is 41.4 Å². The number of hydrogen-bond donors (Lipinski definition) is 1. The quantitative estimate of drug-likeness (QED) is 0.872. The minimum absolute atomic E-state index is 0.0382. The Morgan fingerprint density at radius 3 is 2.92 bits per heavy atom. The lowest BCUT2D eigenvalue weighted by Gasteiger charge is -2.52. The van der Waals surface area contributed by atoms with Gasteiger partial charge in [0, 0.05) is 12.1 Å². The monoisotopic (exact) mass is 347 g/mol. The van der Waals surface area contributed by atoms with E-state index in [0.29, 0.717) is 5.92 Å². The molecule has 1 saturated carbocycles. The number of nitrogens with one attached hydrogen (secondary N) is 1. The van der Waals surface area contributed by atoms with Crippen LogP contribution < -0.4 is 5.32 Å². The molecule has 2 aromatic rings. The van der Waals surface area contributed by atoms with E-state index >= 15 is 0 Å². The van der Waals surface area contributed by atoms with Crippen LogP contribution in [0.2, 0.25) is 0 Å². The first kappa shape index (κ1) is 17.2. The normalized spacial score (nSPS) is 22.4. The van der Waals surface area contributed by atoms with Crippen LogP contribution in [0.3, 0.4) is 0 Å². The van der Waals surface area contributed by atoms with Crippen LogP contribution >= 0.6 is 11.3 Å². The summed E-state index contributed by atoms with van der Waals surface area (Å²) in [5, 5.41) is 9.30. The Hall–Kier alpha value is -1.66. The van der Waals surface area contributed by atoms with Gasteiger partial charge in [0.15, 0.2) is 5.76 Å². The number of hydrogen-bond acceptors (Lipinski definition) is 5. The van der Waals surface area contributed by atoms with E-state index in [1.807, 2.05) is 37.7 Å². The van der Waals surface area contributed by atoms with Gasteiger partial charge in [0.05, 0.1) is 17.1 Å². The smallest absolute Gasteiger partial charge is 0.261 e. The zero-order chi connectivity index (χ0) is 17.3. The van der Waals surface area contributed by atoms with Crippen molar-refractivity contribution in [2.75, 3.05) is 14.1 Å². The molecule has 1 aliphatic rings. The SMILES string of the molecule is CN(C)Cc1cc(C[C@@H]2C[C@H](NC(=O)c3cccs3)C2(C)C)no1. The summed E-state index contributed by atoms with van der Waals surface area (Å²) in [7, 11) is 4.02. The second-order valence-corrected chi connectivity index (χ2v) is 8.43. The number of thiophene rings is 1. The van der Waals surface area contributed by atoms with Gasteiger partial charge in [0.1, 0.15) is 0 Å². The summed E-state index contributed by atoms with van der Waals surface area (Å²) in [6, 6.07) is 6.04. The van der Waals surface area contributed by atoms with E-state index < -0.39 is 0 Å². The Morgan fingerprint density at radius 2 is 2.29 bits per heavy atom. The number of rotatable bonds is 6. The fraction of sp³-hybridized carbons (Fsp3) is 0.556. The van der Waals surface area contributed by atoms with Gasteiger partial charge in [-0.3, -0.25) is 4.79 Å². The lowest BCUT2D eigenvalue weighted by molar-refractivity contribution is 0.0139. The first-order valence-electron chi connectivity index (χ1n) is 8.30. The van der Waals surface area contributed by atoms with Crippen LogP contribution in [0.5, 0.6) is 0 Å². The van der Waals surface area contributed by atoms with E-state index in [1.54, 1.807) is 0 Å². The van der Waals surface area contributed by atoms with E-state index in [9.17, 15) is 4.79 Å². The number of carbonyl (C=O) groups excluding carboxylic acids is 1. The molecule has 2 aromatic heterocycles. The Morgan fingerprint density at radius 1 is 1.50 bits per heavy atom. The number of amides is 1. The van der Waals surface area contributed by atoms with Crippen molar-refractivity contribution in [1.29, 1.82) is 0 Å². The number of aromatic nitrogens is 1. The van der Waals surface area contributed by atoms with Crippen LogP contribution in [-0.2, 0) is 13.0 Å². The minimum atomic E-state index is 0.0382. The Balaban J connectivity index is 1.56. The molecule has 0 unspecified atom stereocenters. The van der Waals surface area contributed by atoms with E-state index in [-0.39, 0.29) is 17.4 Å². The topological polar surface area (TPSA) is 58.4 Å². The van der Waals surface area contributed by atoms with Gasteiger partial charge in [-0.1, -0.05) is 25.1 Å². The maximum atomic E-state index is 12.2. The summed E-state index contributed by atoms with van der Waals surface area (Å²) in [5.74, 6) is 1.44. The minimum Gasteiger partial charge on any atom is -0.360 e. The number of carbonyl (C=O) groups is 1. The third-order valence-corrected chi connectivity index (χ3v) is 5.92. The van der Waals surface area contributed by atoms with Crippen molar-refractivity contribution >= 4 is 17.2 Å². The van der Waals surface area contributed by atoms with Crippen LogP contribution in [0.25, 0.3) is 0 Å². The van der Waals surface area contributed by atoms with Crippen molar-refractivity contribution in [2.45, 2.75) is 39.3 Å². The molecule has 130 valence electrons. The molecule has 0 saturated heterocycles. The van der Waals surface area contributed by atoms with Crippen LogP contribution in [0, 0.1) is 11.3 Å². The fourth-order valence-corrected chi connectivity index (χ4v) is 3.96. The molecule has 24 heavy (non-hydrogen) atoms. The van der Waals surface area contributed by atoms with Crippen molar-refractivity contribution in [3.63, 3.8) is 0 Å². The van der Waals surface area contributed by atoms with Gasteiger partial charge in [0.25, 0.3) is 5.91 Å². The standard InChI is InChI=1S/C18H25N3O2S/c1-18(2)12(8-13-10-14(23-20-13)11-21(3)4)9-16(18)19-17(22)15-6-5-7-24-15/h5-7,10,12,16H,8-9,11H2,1-4H3,(H,19,22)/t12-,16+/m1/s1. The van der Waals surface area contributed by atoms with Gasteiger partial charge in [0.2, 0.25) is 0 Å². The maximum absolute atomic E-state index is 12.2. The summed E-state index contributed by atoms with van der Waals surface area (Å²) >= 11 is 1.48. The first-order valence-corrected chi connectivity index (χ1v) is 9.18. The van der Waals surface area contributed by atoms with Gasteiger partial charge in [-0.05, 0) is 49.7 Å². The fourth-order valence-electron chi connectivity index (χ4n) is 3.34. The van der Waals surface area contributed by atoms with Gasteiger partial charge in [-0.25, -0.2) is 0 Å². The second-order valence-electron chi connectivity index (χ2n) is 7.48. The highest BCUT2D eigenvalue weighted by Crippen LogP contribution is 2.47. The molecular formula is C18H25N3O2S. The average Bonchev–Trinajstić information content (AvgIpc) is 3.17. The third-order valence-electron chi connectivity index (χ3n) is 5.06. The molecule has 1 N–H and O–H groups in total. The molecule has 2 atom stereocenters. The summed E-state index contributed by atoms with van der Waals surface area (Å²) in [6.45, 7) is 5.21. The Bertz CT molecular complexity index is 691. The predicted octanol–water partition coefficient (Wildman–Crippen LogP) is 3.18. The first-order chi connectivity index (χ1) is 11.4. The summed E-state index contributed by atoms with van der Waals surface area (Å²) in [4.78, 5) is 15.1. The molecule has 0 radical (unpaired) electrons. The van der Waals surface area contributed by atoms with Crippen LogP contribution in [-0.4, -0.2) is 36.1 Å². The molecular weight excluding hydrogens is 322 g/mol. The van der Waals surface area contributed by atoms with Crippen LogP contribution in [0.15, 0.2) is 28.1 Å². The molecule has 5 nitrogen and oxygen atoms in total.